The molecule has 0 bridgehead atoms. The summed E-state index contributed by atoms with van der Waals surface area (Å²) in [7, 11) is 0. The van der Waals surface area contributed by atoms with Gasteiger partial charge in [0.2, 0.25) is 0 Å². The molecule has 0 saturated carbocycles. The Labute approximate surface area is 87.8 Å². The van der Waals surface area contributed by atoms with Gasteiger partial charge in [0.1, 0.15) is 0 Å². The molecule has 0 aliphatic carbocycles. The Kier molecular flexibility index (Phi) is 3.79. The Bertz CT molecular complexity index is 222. The molecule has 0 aromatic heterocycles. The predicted octanol–water partition coefficient (Wildman–Crippen LogP) is 4.41. The molecular formula is C13H22O. The van der Waals surface area contributed by atoms with Crippen LogP contribution in [0.15, 0.2) is 23.7 Å². The van der Waals surface area contributed by atoms with Crippen LogP contribution in [-0.2, 0) is 4.74 Å². The highest BCUT2D eigenvalue weighted by molar-refractivity contribution is 5.20. The minimum absolute atomic E-state index is 0.274. The van der Waals surface area contributed by atoms with E-state index in [-0.39, 0.29) is 5.41 Å². The van der Waals surface area contributed by atoms with Crippen LogP contribution in [0.25, 0.3) is 0 Å². The van der Waals surface area contributed by atoms with Crippen LogP contribution in [0.4, 0.5) is 0 Å². The largest absolute Gasteiger partial charge is 0.467 e. The summed E-state index contributed by atoms with van der Waals surface area (Å²) in [5, 5.41) is 0. The zero-order chi connectivity index (χ0) is 10.6. The van der Waals surface area contributed by atoms with Crippen LogP contribution in [0, 0.1) is 5.41 Å². The molecule has 1 nitrogen and oxygen atoms in total. The molecule has 0 radical (unpaired) electrons. The zero-order valence-electron chi connectivity index (χ0n) is 9.89. The minimum atomic E-state index is 0.274. The highest BCUT2D eigenvalue weighted by Gasteiger charge is 2.27. The third kappa shape index (κ3) is 2.63. The van der Waals surface area contributed by atoms with Gasteiger partial charge < -0.3 is 4.74 Å². The Morgan fingerprint density at radius 1 is 1.00 bits per heavy atom. The van der Waals surface area contributed by atoms with Crippen LogP contribution in [-0.4, -0.2) is 0 Å². The lowest BCUT2D eigenvalue weighted by Crippen LogP contribution is -2.19. The summed E-state index contributed by atoms with van der Waals surface area (Å²) in [5.41, 5.74) is 0.274. The SMILES string of the molecule is CCCC1(CCC)C=C(C)OC(C)=C1. The van der Waals surface area contributed by atoms with Crippen LogP contribution in [0.3, 0.4) is 0 Å². The topological polar surface area (TPSA) is 9.23 Å². The smallest absolute Gasteiger partial charge is 0.0973 e. The van der Waals surface area contributed by atoms with Crippen molar-refractivity contribution in [2.45, 2.75) is 53.4 Å². The Morgan fingerprint density at radius 3 is 1.79 bits per heavy atom. The summed E-state index contributed by atoms with van der Waals surface area (Å²) < 4.78 is 5.56. The van der Waals surface area contributed by atoms with Crippen molar-refractivity contribution in [3.63, 3.8) is 0 Å². The standard InChI is InChI=1S/C13H22O/c1-5-7-13(8-6-2)9-11(3)14-12(4)10-13/h9-10H,5-8H2,1-4H3. The van der Waals surface area contributed by atoms with Gasteiger partial charge in [-0.3, -0.25) is 0 Å². The molecule has 0 amide bonds. The van der Waals surface area contributed by atoms with Crippen LogP contribution < -0.4 is 0 Å². The average Bonchev–Trinajstić information content (AvgIpc) is 2.02. The normalized spacial score (nSPS) is 19.7. The second kappa shape index (κ2) is 4.68. The second-order valence-electron chi connectivity index (χ2n) is 4.35. The first-order valence-electron chi connectivity index (χ1n) is 5.68. The molecule has 0 aromatic rings. The molecule has 0 unspecified atom stereocenters. The van der Waals surface area contributed by atoms with E-state index >= 15 is 0 Å². The highest BCUT2D eigenvalue weighted by atomic mass is 16.5. The number of ether oxygens (including phenoxy) is 1. The zero-order valence-corrected chi connectivity index (χ0v) is 9.89. The number of hydrogen-bond acceptors (Lipinski definition) is 1. The molecule has 0 spiro atoms. The Hall–Kier alpha value is -0.720. The van der Waals surface area contributed by atoms with Gasteiger partial charge in [-0.25, -0.2) is 0 Å². The van der Waals surface area contributed by atoms with Crippen LogP contribution >= 0.6 is 0 Å². The first kappa shape index (κ1) is 11.4. The van der Waals surface area contributed by atoms with Gasteiger partial charge >= 0.3 is 0 Å². The lowest BCUT2D eigenvalue weighted by molar-refractivity contribution is 0.257. The monoisotopic (exact) mass is 194 g/mol. The maximum absolute atomic E-state index is 5.56. The van der Waals surface area contributed by atoms with E-state index in [2.05, 4.69) is 39.8 Å². The fourth-order valence-electron chi connectivity index (χ4n) is 2.51. The van der Waals surface area contributed by atoms with Crippen molar-refractivity contribution in [1.29, 1.82) is 0 Å². The highest BCUT2D eigenvalue weighted by Crippen LogP contribution is 2.38. The molecule has 80 valence electrons. The fraction of sp³-hybridized carbons (Fsp3) is 0.692. The summed E-state index contributed by atoms with van der Waals surface area (Å²) >= 11 is 0. The number of hydrogen-bond donors (Lipinski definition) is 0. The van der Waals surface area contributed by atoms with Crippen molar-refractivity contribution in [2.75, 3.05) is 0 Å². The molecule has 0 N–H and O–H groups in total. The molecule has 1 heteroatoms. The second-order valence-corrected chi connectivity index (χ2v) is 4.35. The van der Waals surface area contributed by atoms with Crippen molar-refractivity contribution in [3.8, 4) is 0 Å². The average molecular weight is 194 g/mol. The first-order chi connectivity index (χ1) is 6.62. The van der Waals surface area contributed by atoms with Crippen molar-refractivity contribution in [3.05, 3.63) is 23.7 Å². The van der Waals surface area contributed by atoms with Gasteiger partial charge in [0, 0.05) is 5.41 Å². The molecule has 1 rings (SSSR count). The summed E-state index contributed by atoms with van der Waals surface area (Å²) in [6, 6.07) is 0. The first-order valence-corrected chi connectivity index (χ1v) is 5.68. The van der Waals surface area contributed by atoms with Gasteiger partial charge in [-0.15, -0.1) is 0 Å². The van der Waals surface area contributed by atoms with Gasteiger partial charge in [-0.1, -0.05) is 26.7 Å². The van der Waals surface area contributed by atoms with E-state index in [1.165, 1.54) is 25.7 Å². The lowest BCUT2D eigenvalue weighted by Gasteiger charge is -2.31. The molecule has 0 atom stereocenters. The van der Waals surface area contributed by atoms with E-state index in [1.54, 1.807) is 0 Å². The fourth-order valence-corrected chi connectivity index (χ4v) is 2.51. The van der Waals surface area contributed by atoms with E-state index in [0.29, 0.717) is 0 Å². The van der Waals surface area contributed by atoms with Crippen molar-refractivity contribution < 1.29 is 4.74 Å². The van der Waals surface area contributed by atoms with Gasteiger partial charge in [-0.05, 0) is 38.8 Å². The van der Waals surface area contributed by atoms with Crippen LogP contribution in [0.5, 0.6) is 0 Å². The van der Waals surface area contributed by atoms with E-state index in [9.17, 15) is 0 Å². The summed E-state index contributed by atoms with van der Waals surface area (Å²) in [6.45, 7) is 8.60. The molecule has 1 heterocycles. The van der Waals surface area contributed by atoms with E-state index in [4.69, 9.17) is 4.74 Å². The number of allylic oxidation sites excluding steroid dienone is 4. The minimum Gasteiger partial charge on any atom is -0.467 e. The molecule has 14 heavy (non-hydrogen) atoms. The maximum atomic E-state index is 5.56. The van der Waals surface area contributed by atoms with E-state index in [0.717, 1.165) is 11.5 Å². The van der Waals surface area contributed by atoms with Crippen LogP contribution in [0.2, 0.25) is 0 Å². The third-order valence-electron chi connectivity index (χ3n) is 2.73. The third-order valence-corrected chi connectivity index (χ3v) is 2.73. The number of rotatable bonds is 4. The van der Waals surface area contributed by atoms with E-state index < -0.39 is 0 Å². The Balaban J connectivity index is 2.88. The van der Waals surface area contributed by atoms with Crippen molar-refractivity contribution in [2.24, 2.45) is 5.41 Å². The predicted molar refractivity (Wildman–Crippen MR) is 60.8 cm³/mol. The summed E-state index contributed by atoms with van der Waals surface area (Å²) in [6.07, 6.45) is 9.53. The van der Waals surface area contributed by atoms with Gasteiger partial charge in [0.05, 0.1) is 11.5 Å². The Morgan fingerprint density at radius 2 is 1.43 bits per heavy atom. The molecular weight excluding hydrogens is 172 g/mol. The molecule has 1 aliphatic rings. The quantitative estimate of drug-likeness (QED) is 0.644. The van der Waals surface area contributed by atoms with Crippen LogP contribution in [0.1, 0.15) is 53.4 Å². The molecule has 0 fully saturated rings. The summed E-state index contributed by atoms with van der Waals surface area (Å²) in [5.74, 6) is 2.12. The van der Waals surface area contributed by atoms with Crippen molar-refractivity contribution >= 4 is 0 Å². The molecule has 0 aromatic carbocycles. The molecule has 0 saturated heterocycles. The molecule has 1 aliphatic heterocycles. The van der Waals surface area contributed by atoms with E-state index in [1.807, 2.05) is 0 Å². The summed E-state index contributed by atoms with van der Waals surface area (Å²) in [4.78, 5) is 0. The van der Waals surface area contributed by atoms with Gasteiger partial charge in [-0.2, -0.15) is 0 Å². The van der Waals surface area contributed by atoms with Gasteiger partial charge in [0.15, 0.2) is 0 Å². The maximum Gasteiger partial charge on any atom is 0.0973 e. The van der Waals surface area contributed by atoms with Gasteiger partial charge in [0.25, 0.3) is 0 Å². The lowest BCUT2D eigenvalue weighted by atomic mass is 9.77. The van der Waals surface area contributed by atoms with Crippen molar-refractivity contribution in [1.82, 2.24) is 0 Å².